The molecule has 1 heterocycles. The van der Waals surface area contributed by atoms with E-state index in [9.17, 15) is 15.3 Å². The number of benzene rings is 2. The molecule has 25 heavy (non-hydrogen) atoms. The summed E-state index contributed by atoms with van der Waals surface area (Å²) < 4.78 is 0. The third kappa shape index (κ3) is 3.09. The highest BCUT2D eigenvalue weighted by molar-refractivity contribution is 6.31. The molecule has 4 nitrogen and oxygen atoms in total. The number of carbonyl (C=O) groups excluding carboxylic acids is 1. The summed E-state index contributed by atoms with van der Waals surface area (Å²) >= 11 is 6.19. The molecule has 2 aromatic carbocycles. The molecule has 0 bridgehead atoms. The van der Waals surface area contributed by atoms with Gasteiger partial charge in [0, 0.05) is 11.6 Å². The van der Waals surface area contributed by atoms with Crippen molar-refractivity contribution in [3.8, 4) is 12.1 Å². The minimum Gasteiger partial charge on any atom is -0.335 e. The molecule has 0 radical (unpaired) electrons. The van der Waals surface area contributed by atoms with Crippen molar-refractivity contribution in [1.82, 2.24) is 4.90 Å². The van der Waals surface area contributed by atoms with E-state index in [2.05, 4.69) is 12.1 Å². The Morgan fingerprint density at radius 3 is 2.60 bits per heavy atom. The maximum Gasteiger partial charge on any atom is 0.227 e. The van der Waals surface area contributed by atoms with Gasteiger partial charge in [-0.1, -0.05) is 29.8 Å². The number of fused-ring (bicyclic) bond motifs is 1. The van der Waals surface area contributed by atoms with E-state index in [0.717, 1.165) is 11.1 Å². The van der Waals surface area contributed by atoms with Crippen molar-refractivity contribution < 1.29 is 4.79 Å². The number of hydrogen-bond donors (Lipinski definition) is 0. The van der Waals surface area contributed by atoms with E-state index < -0.39 is 0 Å². The minimum atomic E-state index is -0.113. The predicted octanol–water partition coefficient (Wildman–Crippen LogP) is 3.77. The molecule has 5 heteroatoms. The lowest BCUT2D eigenvalue weighted by atomic mass is 9.89. The van der Waals surface area contributed by atoms with E-state index in [1.165, 1.54) is 0 Å². The molecule has 124 valence electrons. The van der Waals surface area contributed by atoms with Crippen LogP contribution in [0.3, 0.4) is 0 Å². The summed E-state index contributed by atoms with van der Waals surface area (Å²) in [7, 11) is 0. The van der Waals surface area contributed by atoms with Crippen molar-refractivity contribution >= 4 is 17.5 Å². The van der Waals surface area contributed by atoms with Crippen LogP contribution in [0.25, 0.3) is 0 Å². The molecule has 1 aliphatic heterocycles. The van der Waals surface area contributed by atoms with Gasteiger partial charge in [-0.25, -0.2) is 0 Å². The smallest absolute Gasteiger partial charge is 0.227 e. The van der Waals surface area contributed by atoms with Gasteiger partial charge in [0.2, 0.25) is 5.91 Å². The van der Waals surface area contributed by atoms with E-state index in [1.54, 1.807) is 23.1 Å². The average Bonchev–Trinajstić information content (AvgIpc) is 2.63. The first-order chi connectivity index (χ1) is 12.1. The Morgan fingerprint density at radius 1 is 1.20 bits per heavy atom. The predicted molar refractivity (Wildman–Crippen MR) is 94.9 cm³/mol. The lowest BCUT2D eigenvalue weighted by Gasteiger charge is -2.36. The summed E-state index contributed by atoms with van der Waals surface area (Å²) in [5.41, 5.74) is 3.71. The van der Waals surface area contributed by atoms with Gasteiger partial charge >= 0.3 is 0 Å². The minimum absolute atomic E-state index is 0.0647. The number of amides is 1. The fourth-order valence-corrected chi connectivity index (χ4v) is 3.65. The topological polar surface area (TPSA) is 67.9 Å². The van der Waals surface area contributed by atoms with Crippen LogP contribution < -0.4 is 0 Å². The molecule has 0 spiro atoms. The van der Waals surface area contributed by atoms with Crippen LogP contribution in [0.4, 0.5) is 0 Å². The zero-order valence-corrected chi connectivity index (χ0v) is 14.5. The highest BCUT2D eigenvalue weighted by Crippen LogP contribution is 2.32. The molecular weight excluding hydrogens is 334 g/mol. The first-order valence-corrected chi connectivity index (χ1v) is 8.43. The number of rotatable bonds is 2. The van der Waals surface area contributed by atoms with Gasteiger partial charge in [0.1, 0.15) is 0 Å². The van der Waals surface area contributed by atoms with E-state index in [0.29, 0.717) is 34.7 Å². The number of carbonyl (C=O) groups is 1. The fourth-order valence-electron chi connectivity index (χ4n) is 3.41. The fraction of sp³-hybridized carbons (Fsp3) is 0.250. The maximum absolute atomic E-state index is 12.9. The van der Waals surface area contributed by atoms with Gasteiger partial charge in [-0.3, -0.25) is 4.79 Å². The largest absolute Gasteiger partial charge is 0.335 e. The average molecular weight is 350 g/mol. The van der Waals surface area contributed by atoms with Gasteiger partial charge in [0.15, 0.2) is 0 Å². The van der Waals surface area contributed by atoms with Crippen molar-refractivity contribution in [3.63, 3.8) is 0 Å². The molecule has 1 amide bonds. The van der Waals surface area contributed by atoms with Crippen LogP contribution in [0.5, 0.6) is 0 Å². The van der Waals surface area contributed by atoms with E-state index >= 15 is 0 Å². The summed E-state index contributed by atoms with van der Waals surface area (Å²) in [6.07, 6.45) is 0.753. The number of hydrogen-bond acceptors (Lipinski definition) is 3. The van der Waals surface area contributed by atoms with Crippen LogP contribution in [0, 0.1) is 22.7 Å². The molecule has 1 aliphatic rings. The number of nitrogens with zero attached hydrogens (tertiary/aromatic N) is 3. The monoisotopic (exact) mass is 349 g/mol. The van der Waals surface area contributed by atoms with Crippen LogP contribution in [-0.4, -0.2) is 17.4 Å². The highest BCUT2D eigenvalue weighted by atomic mass is 35.5. The van der Waals surface area contributed by atoms with Gasteiger partial charge in [0.05, 0.1) is 35.7 Å². The zero-order chi connectivity index (χ0) is 18.0. The molecule has 1 atom stereocenters. The van der Waals surface area contributed by atoms with Crippen LogP contribution >= 0.6 is 11.6 Å². The van der Waals surface area contributed by atoms with Gasteiger partial charge in [-0.05, 0) is 48.2 Å². The molecule has 3 rings (SSSR count). The molecule has 0 unspecified atom stereocenters. The normalized spacial score (nSPS) is 15.8. The Labute approximate surface area is 151 Å². The van der Waals surface area contributed by atoms with Crippen molar-refractivity contribution in [2.75, 3.05) is 6.54 Å². The summed E-state index contributed by atoms with van der Waals surface area (Å²) in [4.78, 5) is 14.7. The maximum atomic E-state index is 12.9. The second-order valence-corrected chi connectivity index (χ2v) is 6.46. The third-order valence-corrected chi connectivity index (χ3v) is 5.09. The lowest BCUT2D eigenvalue weighted by molar-refractivity contribution is -0.133. The molecule has 0 N–H and O–H groups in total. The van der Waals surface area contributed by atoms with Crippen LogP contribution in [-0.2, 0) is 17.6 Å². The summed E-state index contributed by atoms with van der Waals surface area (Å²) in [6, 6.07) is 14.9. The van der Waals surface area contributed by atoms with Crippen LogP contribution in [0.1, 0.15) is 40.8 Å². The van der Waals surface area contributed by atoms with Gasteiger partial charge < -0.3 is 4.90 Å². The van der Waals surface area contributed by atoms with Crippen LogP contribution in [0.15, 0.2) is 36.4 Å². The van der Waals surface area contributed by atoms with Gasteiger partial charge in [-0.15, -0.1) is 0 Å². The summed E-state index contributed by atoms with van der Waals surface area (Å²) in [6.45, 7) is 2.52. The SMILES string of the molecule is C[C@H]1c2cccc(C#N)c2CCN1C(=O)Cc1c(Cl)cccc1C#N. The van der Waals surface area contributed by atoms with Crippen molar-refractivity contribution in [2.45, 2.75) is 25.8 Å². The third-order valence-electron chi connectivity index (χ3n) is 4.74. The van der Waals surface area contributed by atoms with Crippen molar-refractivity contribution in [3.05, 3.63) is 69.2 Å². The Kier molecular flexibility index (Phi) is 4.74. The second kappa shape index (κ2) is 6.97. The standard InChI is InChI=1S/C20H16ClN3O/c1-13-16-6-2-4-14(11-22)17(16)8-9-24(13)20(25)10-18-15(12-23)5-3-7-19(18)21/h2-7,13H,8-10H2,1H3/t13-/m0/s1. The summed E-state index contributed by atoms with van der Waals surface area (Å²) in [5.74, 6) is -0.0647. The summed E-state index contributed by atoms with van der Waals surface area (Å²) in [5, 5.41) is 18.9. The Balaban J connectivity index is 1.88. The molecule has 0 aliphatic carbocycles. The highest BCUT2D eigenvalue weighted by Gasteiger charge is 2.29. The van der Waals surface area contributed by atoms with E-state index in [1.807, 2.05) is 25.1 Å². The number of halogens is 1. The Morgan fingerprint density at radius 2 is 1.88 bits per heavy atom. The quantitative estimate of drug-likeness (QED) is 0.828. The molecule has 0 saturated heterocycles. The molecule has 2 aromatic rings. The first-order valence-electron chi connectivity index (χ1n) is 8.05. The van der Waals surface area contributed by atoms with Gasteiger partial charge in [-0.2, -0.15) is 10.5 Å². The van der Waals surface area contributed by atoms with E-state index in [-0.39, 0.29) is 18.4 Å². The van der Waals surface area contributed by atoms with Gasteiger partial charge in [0.25, 0.3) is 0 Å². The van der Waals surface area contributed by atoms with E-state index in [4.69, 9.17) is 11.6 Å². The molecule has 0 fully saturated rings. The Bertz CT molecular complexity index is 924. The molecular formula is C20H16ClN3O. The zero-order valence-electron chi connectivity index (χ0n) is 13.8. The number of nitriles is 2. The first kappa shape index (κ1) is 17.0. The lowest BCUT2D eigenvalue weighted by Crippen LogP contribution is -2.40. The van der Waals surface area contributed by atoms with Crippen molar-refractivity contribution in [1.29, 1.82) is 10.5 Å². The van der Waals surface area contributed by atoms with Crippen LogP contribution in [0.2, 0.25) is 5.02 Å². The second-order valence-electron chi connectivity index (χ2n) is 6.05. The van der Waals surface area contributed by atoms with Crippen molar-refractivity contribution in [2.24, 2.45) is 0 Å². The molecule has 0 aromatic heterocycles. The molecule has 0 saturated carbocycles. The Hall–Kier alpha value is -2.82.